The molecule has 2 aliphatic rings. The van der Waals surface area contributed by atoms with E-state index in [0.717, 1.165) is 5.57 Å². The molecule has 112 valence electrons. The number of carbonyl (C=O) groups excluding carboxylic acids is 2. The molecular formula is C13H22N4O3. The average molecular weight is 282 g/mol. The fraction of sp³-hybridized carbons (Fsp3) is 0.692. The summed E-state index contributed by atoms with van der Waals surface area (Å²) in [4.78, 5) is 24.0. The molecule has 20 heavy (non-hydrogen) atoms. The van der Waals surface area contributed by atoms with E-state index in [1.54, 1.807) is 6.20 Å². The first-order valence-electron chi connectivity index (χ1n) is 6.83. The Bertz CT molecular complexity index is 426. The third-order valence-corrected chi connectivity index (χ3v) is 4.26. The van der Waals surface area contributed by atoms with Crippen molar-refractivity contribution in [1.29, 1.82) is 0 Å². The van der Waals surface area contributed by atoms with Gasteiger partial charge in [-0.05, 0) is 12.8 Å². The van der Waals surface area contributed by atoms with Crippen LogP contribution in [0.4, 0.5) is 4.79 Å². The van der Waals surface area contributed by atoms with E-state index < -0.39 is 6.17 Å². The topological polar surface area (TPSA) is 96.7 Å². The van der Waals surface area contributed by atoms with Crippen molar-refractivity contribution < 1.29 is 14.3 Å². The predicted molar refractivity (Wildman–Crippen MR) is 73.2 cm³/mol. The fourth-order valence-corrected chi connectivity index (χ4v) is 2.60. The van der Waals surface area contributed by atoms with Crippen molar-refractivity contribution in [2.45, 2.75) is 39.3 Å². The molecule has 0 bridgehead atoms. The Morgan fingerprint density at radius 2 is 2.15 bits per heavy atom. The molecule has 2 heterocycles. The zero-order valence-corrected chi connectivity index (χ0v) is 12.0. The summed E-state index contributed by atoms with van der Waals surface area (Å²) in [5.74, 6) is 0.593. The van der Waals surface area contributed by atoms with E-state index in [1.165, 1.54) is 4.90 Å². The van der Waals surface area contributed by atoms with Gasteiger partial charge in [-0.15, -0.1) is 0 Å². The first kappa shape index (κ1) is 14.8. The molecule has 0 aromatic carbocycles. The van der Waals surface area contributed by atoms with E-state index in [-0.39, 0.29) is 24.3 Å². The van der Waals surface area contributed by atoms with Crippen LogP contribution in [0.25, 0.3) is 0 Å². The highest BCUT2D eigenvalue weighted by Gasteiger charge is 2.42. The molecule has 0 aromatic heterocycles. The first-order chi connectivity index (χ1) is 9.45. The zero-order valence-electron chi connectivity index (χ0n) is 12.0. The summed E-state index contributed by atoms with van der Waals surface area (Å²) in [5.41, 5.74) is 6.57. The number of rotatable bonds is 4. The highest BCUT2D eigenvalue weighted by molar-refractivity contribution is 5.78. The standard InChI is InChI=1S/C13H22N4O3/c1-7-8(2)12(20-9(7)3)17-5-10(4-15-6-18)11(14)16-13(17)19/h5-9,11-12H,4,14H2,1-3H3,(H,15,18)(H,16,19). The van der Waals surface area contributed by atoms with Gasteiger partial charge in [-0.2, -0.15) is 0 Å². The molecule has 5 atom stereocenters. The van der Waals surface area contributed by atoms with E-state index in [4.69, 9.17) is 10.5 Å². The number of carbonyl (C=O) groups is 2. The van der Waals surface area contributed by atoms with Crippen LogP contribution in [0, 0.1) is 11.8 Å². The Labute approximate surface area is 118 Å². The van der Waals surface area contributed by atoms with Crippen molar-refractivity contribution in [3.05, 3.63) is 11.8 Å². The maximum atomic E-state index is 12.1. The fourth-order valence-electron chi connectivity index (χ4n) is 2.60. The third-order valence-electron chi connectivity index (χ3n) is 4.26. The molecule has 3 amide bonds. The average Bonchev–Trinajstić information content (AvgIpc) is 2.66. The Balaban J connectivity index is 2.19. The third kappa shape index (κ3) is 2.64. The van der Waals surface area contributed by atoms with Crippen molar-refractivity contribution in [3.63, 3.8) is 0 Å². The minimum atomic E-state index is -0.585. The summed E-state index contributed by atoms with van der Waals surface area (Å²) in [6.45, 7) is 6.49. The largest absolute Gasteiger partial charge is 0.355 e. The molecule has 1 fully saturated rings. The van der Waals surface area contributed by atoms with Crippen LogP contribution in [0.15, 0.2) is 11.8 Å². The Morgan fingerprint density at radius 1 is 1.45 bits per heavy atom. The SMILES string of the molecule is CC1OC(N2C=C(CNC=O)C(N)NC2=O)C(C)C1C. The minimum absolute atomic E-state index is 0.100. The molecule has 5 unspecified atom stereocenters. The summed E-state index contributed by atoms with van der Waals surface area (Å²) in [5, 5.41) is 5.23. The van der Waals surface area contributed by atoms with Gasteiger partial charge in [0.15, 0.2) is 0 Å². The number of ether oxygens (including phenoxy) is 1. The van der Waals surface area contributed by atoms with E-state index in [2.05, 4.69) is 24.5 Å². The summed E-state index contributed by atoms with van der Waals surface area (Å²) in [6.07, 6.45) is 1.50. The van der Waals surface area contributed by atoms with Gasteiger partial charge in [-0.3, -0.25) is 9.69 Å². The van der Waals surface area contributed by atoms with Gasteiger partial charge in [-0.1, -0.05) is 13.8 Å². The number of amides is 3. The smallest absolute Gasteiger partial charge is 0.325 e. The summed E-state index contributed by atoms with van der Waals surface area (Å²) < 4.78 is 5.87. The first-order valence-corrected chi connectivity index (χ1v) is 6.83. The van der Waals surface area contributed by atoms with Crippen LogP contribution in [0.1, 0.15) is 20.8 Å². The molecule has 0 radical (unpaired) electrons. The van der Waals surface area contributed by atoms with Gasteiger partial charge in [0.1, 0.15) is 12.4 Å². The normalized spacial score (nSPS) is 37.4. The molecule has 0 aliphatic carbocycles. The van der Waals surface area contributed by atoms with Crippen molar-refractivity contribution in [2.75, 3.05) is 6.54 Å². The van der Waals surface area contributed by atoms with Crippen LogP contribution < -0.4 is 16.4 Å². The second kappa shape index (κ2) is 5.80. The molecule has 0 aromatic rings. The highest BCUT2D eigenvalue weighted by Crippen LogP contribution is 2.34. The van der Waals surface area contributed by atoms with Crippen LogP contribution in [0.5, 0.6) is 0 Å². The lowest BCUT2D eigenvalue weighted by Gasteiger charge is -2.35. The zero-order chi connectivity index (χ0) is 14.9. The summed E-state index contributed by atoms with van der Waals surface area (Å²) in [6, 6.07) is -0.273. The van der Waals surface area contributed by atoms with Crippen LogP contribution in [-0.4, -0.2) is 42.4 Å². The Hall–Kier alpha value is -1.60. The van der Waals surface area contributed by atoms with E-state index in [1.807, 2.05) is 6.92 Å². The molecule has 2 aliphatic heterocycles. The molecule has 4 N–H and O–H groups in total. The second-order valence-electron chi connectivity index (χ2n) is 5.49. The highest BCUT2D eigenvalue weighted by atomic mass is 16.5. The maximum Gasteiger partial charge on any atom is 0.325 e. The lowest BCUT2D eigenvalue weighted by atomic mass is 9.93. The Morgan fingerprint density at radius 3 is 2.70 bits per heavy atom. The number of nitrogens with zero attached hydrogens (tertiary/aromatic N) is 1. The van der Waals surface area contributed by atoms with Crippen LogP contribution >= 0.6 is 0 Å². The van der Waals surface area contributed by atoms with Gasteiger partial charge < -0.3 is 21.1 Å². The molecule has 2 rings (SSSR count). The summed E-state index contributed by atoms with van der Waals surface area (Å²) >= 11 is 0. The lowest BCUT2D eigenvalue weighted by molar-refractivity contribution is -0.109. The molecule has 7 nitrogen and oxygen atoms in total. The summed E-state index contributed by atoms with van der Waals surface area (Å²) in [7, 11) is 0. The van der Waals surface area contributed by atoms with Crippen LogP contribution in [0.3, 0.4) is 0 Å². The van der Waals surface area contributed by atoms with Gasteiger partial charge in [0.2, 0.25) is 6.41 Å². The number of hydrogen-bond donors (Lipinski definition) is 3. The number of nitrogens with one attached hydrogen (secondary N) is 2. The molecule has 7 heteroatoms. The molecule has 1 saturated heterocycles. The Kier molecular flexibility index (Phi) is 4.29. The second-order valence-corrected chi connectivity index (χ2v) is 5.49. The monoisotopic (exact) mass is 282 g/mol. The van der Waals surface area contributed by atoms with Crippen molar-refractivity contribution >= 4 is 12.4 Å². The lowest BCUT2D eigenvalue weighted by Crippen LogP contribution is -2.56. The van der Waals surface area contributed by atoms with E-state index in [9.17, 15) is 9.59 Å². The maximum absolute atomic E-state index is 12.1. The molecular weight excluding hydrogens is 260 g/mol. The van der Waals surface area contributed by atoms with Gasteiger partial charge in [-0.25, -0.2) is 4.79 Å². The van der Waals surface area contributed by atoms with Crippen LogP contribution in [-0.2, 0) is 9.53 Å². The minimum Gasteiger partial charge on any atom is -0.355 e. The number of urea groups is 1. The quantitative estimate of drug-likeness (QED) is 0.629. The number of hydrogen-bond acceptors (Lipinski definition) is 4. The molecule has 0 saturated carbocycles. The van der Waals surface area contributed by atoms with E-state index in [0.29, 0.717) is 18.9 Å². The number of nitrogens with two attached hydrogens (primary N) is 1. The molecule has 0 spiro atoms. The van der Waals surface area contributed by atoms with Gasteiger partial charge in [0, 0.05) is 24.2 Å². The van der Waals surface area contributed by atoms with Crippen molar-refractivity contribution in [3.8, 4) is 0 Å². The predicted octanol–water partition coefficient (Wildman–Crippen LogP) is -0.0567. The van der Waals surface area contributed by atoms with Gasteiger partial charge in [0.05, 0.1) is 6.10 Å². The van der Waals surface area contributed by atoms with Gasteiger partial charge in [0.25, 0.3) is 0 Å². The van der Waals surface area contributed by atoms with Crippen molar-refractivity contribution in [2.24, 2.45) is 17.6 Å². The van der Waals surface area contributed by atoms with E-state index >= 15 is 0 Å². The van der Waals surface area contributed by atoms with Crippen molar-refractivity contribution in [1.82, 2.24) is 15.5 Å². The van der Waals surface area contributed by atoms with Gasteiger partial charge >= 0.3 is 6.03 Å². The van der Waals surface area contributed by atoms with Crippen LogP contribution in [0.2, 0.25) is 0 Å².